The van der Waals surface area contributed by atoms with Crippen molar-refractivity contribution in [3.8, 4) is 0 Å². The molecule has 0 aliphatic carbocycles. The second-order valence-corrected chi connectivity index (χ2v) is 9.04. The van der Waals surface area contributed by atoms with Crippen LogP contribution in [0.15, 0.2) is 109 Å². The lowest BCUT2D eigenvalue weighted by Crippen LogP contribution is -2.09. The normalized spacial score (nSPS) is 11.4. The molecule has 0 radical (unpaired) electrons. The second-order valence-electron chi connectivity index (χ2n) is 7.95. The van der Waals surface area contributed by atoms with E-state index in [1.165, 1.54) is 53.6 Å². The van der Waals surface area contributed by atoms with E-state index in [4.69, 9.17) is 0 Å². The molecule has 31 heavy (non-hydrogen) atoms. The van der Waals surface area contributed by atoms with Crippen LogP contribution in [0.4, 0.5) is 17.1 Å². The van der Waals surface area contributed by atoms with Crippen LogP contribution in [0.2, 0.25) is 0 Å². The summed E-state index contributed by atoms with van der Waals surface area (Å²) in [6, 6.07) is 39.4. The third-order valence-electron chi connectivity index (χ3n) is 5.88. The number of thiophene rings is 1. The van der Waals surface area contributed by atoms with Crippen molar-refractivity contribution in [1.29, 1.82) is 0 Å². The number of para-hydroxylation sites is 1. The van der Waals surface area contributed by atoms with Crippen LogP contribution < -0.4 is 4.90 Å². The highest BCUT2D eigenvalue weighted by atomic mass is 32.1. The van der Waals surface area contributed by atoms with Gasteiger partial charge in [-0.25, -0.2) is 0 Å². The molecule has 6 rings (SSSR count). The average Bonchev–Trinajstić information content (AvgIpc) is 3.18. The fraction of sp³-hybridized carbons (Fsp3) is 0.0345. The molecule has 0 saturated heterocycles. The molecular weight excluding hydrogens is 394 g/mol. The van der Waals surface area contributed by atoms with Gasteiger partial charge in [-0.1, -0.05) is 66.7 Å². The van der Waals surface area contributed by atoms with Gasteiger partial charge in [0.15, 0.2) is 0 Å². The van der Waals surface area contributed by atoms with E-state index in [-0.39, 0.29) is 0 Å². The number of anilines is 3. The number of hydrogen-bond acceptors (Lipinski definition) is 2. The molecule has 0 N–H and O–H groups in total. The van der Waals surface area contributed by atoms with E-state index >= 15 is 0 Å². The van der Waals surface area contributed by atoms with Gasteiger partial charge < -0.3 is 4.90 Å². The highest BCUT2D eigenvalue weighted by Crippen LogP contribution is 2.42. The Labute approximate surface area is 185 Å². The summed E-state index contributed by atoms with van der Waals surface area (Å²) in [6.07, 6.45) is 0. The minimum atomic E-state index is 1.17. The Morgan fingerprint density at radius 1 is 0.548 bits per heavy atom. The number of hydrogen-bond donors (Lipinski definition) is 0. The van der Waals surface area contributed by atoms with E-state index in [1.807, 2.05) is 11.3 Å². The number of benzene rings is 5. The maximum absolute atomic E-state index is 2.34. The van der Waals surface area contributed by atoms with Gasteiger partial charge in [-0.2, -0.15) is 0 Å². The summed E-state index contributed by atoms with van der Waals surface area (Å²) in [5.41, 5.74) is 4.78. The molecule has 2 heteroatoms. The lowest BCUT2D eigenvalue weighted by atomic mass is 10.0. The maximum Gasteiger partial charge on any atom is 0.0476 e. The minimum absolute atomic E-state index is 1.17. The second kappa shape index (κ2) is 7.26. The first-order chi connectivity index (χ1) is 15.3. The van der Waals surface area contributed by atoms with Crippen LogP contribution in [-0.4, -0.2) is 0 Å². The topological polar surface area (TPSA) is 3.24 Å². The Kier molecular flexibility index (Phi) is 4.26. The molecule has 0 aliphatic rings. The first-order valence-corrected chi connectivity index (χ1v) is 11.4. The maximum atomic E-state index is 2.34. The fourth-order valence-electron chi connectivity index (χ4n) is 4.47. The monoisotopic (exact) mass is 415 g/mol. The molecule has 1 aromatic heterocycles. The largest absolute Gasteiger partial charge is 0.310 e. The molecule has 0 saturated carbocycles. The fourth-order valence-corrected chi connectivity index (χ4v) is 5.62. The summed E-state index contributed by atoms with van der Waals surface area (Å²) >= 11 is 1.87. The van der Waals surface area contributed by atoms with Crippen molar-refractivity contribution in [3.05, 3.63) is 115 Å². The quantitative estimate of drug-likeness (QED) is 0.279. The summed E-state index contributed by atoms with van der Waals surface area (Å²) in [6.45, 7) is 2.15. The molecule has 6 aromatic rings. The van der Waals surface area contributed by atoms with Crippen LogP contribution in [0.25, 0.3) is 30.9 Å². The van der Waals surface area contributed by atoms with Gasteiger partial charge in [-0.05, 0) is 65.7 Å². The van der Waals surface area contributed by atoms with Crippen molar-refractivity contribution >= 4 is 59.3 Å². The van der Waals surface area contributed by atoms with E-state index in [0.29, 0.717) is 0 Å². The Bertz CT molecular complexity index is 1550. The van der Waals surface area contributed by atoms with Gasteiger partial charge >= 0.3 is 0 Å². The van der Waals surface area contributed by atoms with Crippen molar-refractivity contribution < 1.29 is 0 Å². The smallest absolute Gasteiger partial charge is 0.0476 e. The average molecular weight is 416 g/mol. The first-order valence-electron chi connectivity index (χ1n) is 10.5. The van der Waals surface area contributed by atoms with Gasteiger partial charge in [0.05, 0.1) is 0 Å². The van der Waals surface area contributed by atoms with Crippen LogP contribution in [0.1, 0.15) is 5.56 Å². The number of nitrogens with zero attached hydrogens (tertiary/aromatic N) is 1. The highest BCUT2D eigenvalue weighted by molar-refractivity contribution is 7.26. The predicted octanol–water partition coefficient (Wildman–Crippen LogP) is 8.99. The van der Waals surface area contributed by atoms with Crippen molar-refractivity contribution in [2.45, 2.75) is 6.92 Å². The number of fused-ring (bicyclic) bond motifs is 5. The molecule has 0 atom stereocenters. The molecule has 0 bridgehead atoms. The van der Waals surface area contributed by atoms with Crippen LogP contribution in [0, 0.1) is 6.92 Å². The molecule has 148 valence electrons. The van der Waals surface area contributed by atoms with E-state index in [1.54, 1.807) is 0 Å². The van der Waals surface area contributed by atoms with Crippen LogP contribution in [-0.2, 0) is 0 Å². The van der Waals surface area contributed by atoms with E-state index in [9.17, 15) is 0 Å². The lowest BCUT2D eigenvalue weighted by Gasteiger charge is -2.25. The van der Waals surface area contributed by atoms with Crippen molar-refractivity contribution in [1.82, 2.24) is 0 Å². The van der Waals surface area contributed by atoms with Gasteiger partial charge in [0, 0.05) is 37.2 Å². The van der Waals surface area contributed by atoms with E-state index in [2.05, 4.69) is 121 Å². The summed E-state index contributed by atoms with van der Waals surface area (Å²) in [5, 5.41) is 5.33. The minimum Gasteiger partial charge on any atom is -0.310 e. The number of aryl methyl sites for hydroxylation is 1. The van der Waals surface area contributed by atoms with Gasteiger partial charge in [-0.15, -0.1) is 11.3 Å². The molecule has 1 heterocycles. The van der Waals surface area contributed by atoms with Crippen LogP contribution in [0.3, 0.4) is 0 Å². The van der Waals surface area contributed by atoms with Crippen molar-refractivity contribution in [2.75, 3.05) is 4.90 Å². The summed E-state index contributed by atoms with van der Waals surface area (Å²) < 4.78 is 2.66. The van der Waals surface area contributed by atoms with E-state index < -0.39 is 0 Å². The zero-order valence-corrected chi connectivity index (χ0v) is 18.1. The van der Waals surface area contributed by atoms with Crippen molar-refractivity contribution in [2.24, 2.45) is 0 Å². The van der Waals surface area contributed by atoms with Crippen LogP contribution in [0.5, 0.6) is 0 Å². The summed E-state index contributed by atoms with van der Waals surface area (Å²) in [4.78, 5) is 2.34. The molecule has 0 spiro atoms. The molecule has 0 fully saturated rings. The Balaban J connectivity index is 1.59. The summed E-state index contributed by atoms with van der Waals surface area (Å²) in [5.74, 6) is 0. The molecular formula is C29H21NS. The Hall–Kier alpha value is -3.62. The van der Waals surface area contributed by atoms with E-state index in [0.717, 1.165) is 0 Å². The third kappa shape index (κ3) is 3.08. The molecule has 0 aliphatic heterocycles. The summed E-state index contributed by atoms with van der Waals surface area (Å²) in [7, 11) is 0. The standard InChI is InChI=1S/C29H21NS/c1-20-8-7-12-23(18-20)30(22-10-3-2-4-11-22)24-15-16-26-28(19-24)31-27-17-14-21-9-5-6-13-25(21)29(26)27/h2-19H,1H3. The SMILES string of the molecule is Cc1cccc(N(c2ccccc2)c2ccc3c(c2)sc2ccc4ccccc4c23)c1. The lowest BCUT2D eigenvalue weighted by molar-refractivity contribution is 1.28. The van der Waals surface area contributed by atoms with Gasteiger partial charge in [0.25, 0.3) is 0 Å². The zero-order valence-electron chi connectivity index (χ0n) is 17.2. The zero-order chi connectivity index (χ0) is 20.8. The molecule has 5 aromatic carbocycles. The van der Waals surface area contributed by atoms with Gasteiger partial charge in [-0.3, -0.25) is 0 Å². The first kappa shape index (κ1) is 18.2. The third-order valence-corrected chi connectivity index (χ3v) is 7.00. The van der Waals surface area contributed by atoms with Crippen LogP contribution >= 0.6 is 11.3 Å². The van der Waals surface area contributed by atoms with Crippen molar-refractivity contribution in [3.63, 3.8) is 0 Å². The molecule has 0 amide bonds. The molecule has 0 unspecified atom stereocenters. The Morgan fingerprint density at radius 2 is 1.32 bits per heavy atom. The van der Waals surface area contributed by atoms with Gasteiger partial charge in [0.1, 0.15) is 0 Å². The number of rotatable bonds is 3. The predicted molar refractivity (Wildman–Crippen MR) is 136 cm³/mol. The van der Waals surface area contributed by atoms with Gasteiger partial charge in [0.2, 0.25) is 0 Å². The Morgan fingerprint density at radius 3 is 2.19 bits per heavy atom. The highest BCUT2D eigenvalue weighted by Gasteiger charge is 2.15. The molecule has 1 nitrogen and oxygen atoms in total.